The normalized spacial score (nSPS) is 11.8. The first-order chi connectivity index (χ1) is 17.6. The fourth-order valence-corrected chi connectivity index (χ4v) is 4.15. The van der Waals surface area contributed by atoms with Crippen LogP contribution in [0.15, 0.2) is 49.4 Å². The van der Waals surface area contributed by atoms with Gasteiger partial charge in [-0.2, -0.15) is 5.10 Å². The summed E-state index contributed by atoms with van der Waals surface area (Å²) >= 11 is 0. The molecule has 0 unspecified atom stereocenters. The van der Waals surface area contributed by atoms with E-state index < -0.39 is 5.54 Å². The van der Waals surface area contributed by atoms with Gasteiger partial charge in [0, 0.05) is 34.0 Å². The highest BCUT2D eigenvalue weighted by Gasteiger charge is 2.24. The number of benzene rings is 1. The molecule has 0 bridgehead atoms. The van der Waals surface area contributed by atoms with E-state index in [4.69, 9.17) is 9.72 Å². The summed E-state index contributed by atoms with van der Waals surface area (Å²) in [5, 5.41) is 18.2. The standard InChI is InChI=1S/C29H35N5O3/c1-8-24(36)32-22-11-20(10-9-18(22)4)26-25-19(5)23(37-15-17(2)3)13-30-28(25)33-27(26)21-12-31-34(14-21)29(6,7)16-35/h8-14,17,35H,1,15-16H2,2-7H3,(H,30,33)(H,32,36). The molecule has 3 N–H and O–H groups in total. The van der Waals surface area contributed by atoms with Gasteiger partial charge in [-0.05, 0) is 56.9 Å². The summed E-state index contributed by atoms with van der Waals surface area (Å²) in [5.41, 5.74) is 6.34. The van der Waals surface area contributed by atoms with Gasteiger partial charge < -0.3 is 20.1 Å². The number of nitrogens with zero attached hydrogens (tertiary/aromatic N) is 3. The molecule has 8 nitrogen and oxygen atoms in total. The lowest BCUT2D eigenvalue weighted by Gasteiger charge is -2.22. The Hall–Kier alpha value is -3.91. The smallest absolute Gasteiger partial charge is 0.247 e. The second kappa shape index (κ2) is 10.2. The summed E-state index contributed by atoms with van der Waals surface area (Å²) in [6, 6.07) is 5.98. The number of carbonyl (C=O) groups excluding carboxylic acids is 1. The third-order valence-corrected chi connectivity index (χ3v) is 6.46. The van der Waals surface area contributed by atoms with Crippen molar-refractivity contribution in [2.45, 2.75) is 47.1 Å². The van der Waals surface area contributed by atoms with E-state index in [-0.39, 0.29) is 12.5 Å². The van der Waals surface area contributed by atoms with Crippen molar-refractivity contribution in [3.8, 4) is 28.1 Å². The van der Waals surface area contributed by atoms with Crippen molar-refractivity contribution in [1.29, 1.82) is 0 Å². The molecule has 194 valence electrons. The molecule has 0 fully saturated rings. The molecule has 0 spiro atoms. The van der Waals surface area contributed by atoms with Gasteiger partial charge in [-0.25, -0.2) is 4.98 Å². The first-order valence-electron chi connectivity index (χ1n) is 12.4. The van der Waals surface area contributed by atoms with Crippen molar-refractivity contribution in [2.75, 3.05) is 18.5 Å². The van der Waals surface area contributed by atoms with Gasteiger partial charge in [0.2, 0.25) is 5.91 Å². The number of H-pyrrole nitrogens is 1. The third kappa shape index (κ3) is 5.15. The van der Waals surface area contributed by atoms with E-state index >= 15 is 0 Å². The Balaban J connectivity index is 1.97. The molecular weight excluding hydrogens is 466 g/mol. The number of hydrogen-bond acceptors (Lipinski definition) is 5. The average Bonchev–Trinajstić information content (AvgIpc) is 3.51. The van der Waals surface area contributed by atoms with Crippen LogP contribution >= 0.6 is 0 Å². The van der Waals surface area contributed by atoms with Crippen molar-refractivity contribution in [3.05, 3.63) is 60.6 Å². The SMILES string of the molecule is C=CC(=O)Nc1cc(-c2c(-c3cnn(C(C)(C)CO)c3)[nH]c3ncc(OCC(C)C)c(C)c23)ccc1C. The molecule has 4 aromatic rings. The molecule has 0 saturated carbocycles. The van der Waals surface area contributed by atoms with Gasteiger partial charge in [0.15, 0.2) is 0 Å². The van der Waals surface area contributed by atoms with Gasteiger partial charge in [-0.15, -0.1) is 0 Å². The molecule has 0 atom stereocenters. The van der Waals surface area contributed by atoms with Crippen LogP contribution < -0.4 is 10.1 Å². The molecule has 8 heteroatoms. The Morgan fingerprint density at radius 1 is 1.27 bits per heavy atom. The number of hydrogen-bond donors (Lipinski definition) is 3. The molecule has 37 heavy (non-hydrogen) atoms. The fraction of sp³-hybridized carbons (Fsp3) is 0.345. The van der Waals surface area contributed by atoms with Crippen LogP contribution in [-0.4, -0.2) is 44.0 Å². The lowest BCUT2D eigenvalue weighted by Crippen LogP contribution is -2.30. The van der Waals surface area contributed by atoms with Crippen molar-refractivity contribution in [2.24, 2.45) is 5.92 Å². The summed E-state index contributed by atoms with van der Waals surface area (Å²) in [4.78, 5) is 20.3. The van der Waals surface area contributed by atoms with Crippen LogP contribution in [0.25, 0.3) is 33.4 Å². The monoisotopic (exact) mass is 501 g/mol. The predicted molar refractivity (Wildman–Crippen MR) is 148 cm³/mol. The molecule has 0 aliphatic carbocycles. The lowest BCUT2D eigenvalue weighted by atomic mass is 9.96. The molecule has 1 aromatic carbocycles. The van der Waals surface area contributed by atoms with Gasteiger partial charge in [0.25, 0.3) is 0 Å². The Kier molecular flexibility index (Phi) is 7.23. The molecular formula is C29H35N5O3. The number of aliphatic hydroxyl groups excluding tert-OH is 1. The maximum absolute atomic E-state index is 12.1. The summed E-state index contributed by atoms with van der Waals surface area (Å²) in [5.74, 6) is 0.844. The average molecular weight is 502 g/mol. The maximum atomic E-state index is 12.1. The minimum Gasteiger partial charge on any atom is -0.491 e. The van der Waals surface area contributed by atoms with Crippen LogP contribution in [-0.2, 0) is 10.3 Å². The molecule has 0 aliphatic heterocycles. The highest BCUT2D eigenvalue weighted by Crippen LogP contribution is 2.42. The molecule has 0 saturated heterocycles. The largest absolute Gasteiger partial charge is 0.491 e. The molecule has 0 aliphatic rings. The van der Waals surface area contributed by atoms with Crippen molar-refractivity contribution < 1.29 is 14.6 Å². The number of anilines is 1. The number of ether oxygens (including phenoxy) is 1. The number of fused-ring (bicyclic) bond motifs is 1. The van der Waals surface area contributed by atoms with E-state index in [1.54, 1.807) is 17.1 Å². The van der Waals surface area contributed by atoms with Crippen LogP contribution in [0.4, 0.5) is 5.69 Å². The second-order valence-electron chi connectivity index (χ2n) is 10.4. The van der Waals surface area contributed by atoms with Gasteiger partial charge in [-0.3, -0.25) is 9.48 Å². The number of nitrogens with one attached hydrogen (secondary N) is 2. The molecule has 4 rings (SSSR count). The first kappa shape index (κ1) is 26.2. The number of aliphatic hydroxyl groups is 1. The van der Waals surface area contributed by atoms with Crippen LogP contribution in [0.1, 0.15) is 38.8 Å². The van der Waals surface area contributed by atoms with Crippen LogP contribution in [0.3, 0.4) is 0 Å². The minimum absolute atomic E-state index is 0.0464. The summed E-state index contributed by atoms with van der Waals surface area (Å²) in [6.07, 6.45) is 6.72. The van der Waals surface area contributed by atoms with Crippen LogP contribution in [0.5, 0.6) is 5.75 Å². The minimum atomic E-state index is -0.553. The van der Waals surface area contributed by atoms with E-state index in [0.717, 1.165) is 50.3 Å². The van der Waals surface area contributed by atoms with E-state index in [0.29, 0.717) is 18.2 Å². The van der Waals surface area contributed by atoms with Crippen LogP contribution in [0.2, 0.25) is 0 Å². The second-order valence-corrected chi connectivity index (χ2v) is 10.4. The Morgan fingerprint density at radius 3 is 2.70 bits per heavy atom. The molecule has 3 aromatic heterocycles. The zero-order chi connectivity index (χ0) is 26.9. The Labute approximate surface area is 217 Å². The van der Waals surface area contributed by atoms with Gasteiger partial charge >= 0.3 is 0 Å². The zero-order valence-corrected chi connectivity index (χ0v) is 22.3. The molecule has 0 radical (unpaired) electrons. The fourth-order valence-electron chi connectivity index (χ4n) is 4.15. The van der Waals surface area contributed by atoms with E-state index in [1.807, 2.05) is 52.1 Å². The quantitative estimate of drug-likeness (QED) is 0.259. The van der Waals surface area contributed by atoms with Gasteiger partial charge in [0.05, 0.1) is 36.8 Å². The topological polar surface area (TPSA) is 105 Å². The number of carbonyl (C=O) groups is 1. The number of pyridine rings is 1. The van der Waals surface area contributed by atoms with E-state index in [1.165, 1.54) is 6.08 Å². The number of aromatic amines is 1. The Morgan fingerprint density at radius 2 is 2.03 bits per heavy atom. The number of aryl methyl sites for hydroxylation is 2. The van der Waals surface area contributed by atoms with E-state index in [2.05, 4.69) is 35.8 Å². The van der Waals surface area contributed by atoms with Crippen LogP contribution in [0, 0.1) is 19.8 Å². The zero-order valence-electron chi connectivity index (χ0n) is 22.3. The Bertz CT molecular complexity index is 1460. The number of aromatic nitrogens is 4. The third-order valence-electron chi connectivity index (χ3n) is 6.46. The van der Waals surface area contributed by atoms with Gasteiger partial charge in [-0.1, -0.05) is 32.6 Å². The maximum Gasteiger partial charge on any atom is 0.247 e. The highest BCUT2D eigenvalue weighted by molar-refractivity contribution is 6.06. The van der Waals surface area contributed by atoms with Crippen molar-refractivity contribution in [3.63, 3.8) is 0 Å². The summed E-state index contributed by atoms with van der Waals surface area (Å²) in [7, 11) is 0. The highest BCUT2D eigenvalue weighted by atomic mass is 16.5. The number of rotatable bonds is 9. The molecule has 3 heterocycles. The predicted octanol–water partition coefficient (Wildman–Crippen LogP) is 5.60. The first-order valence-corrected chi connectivity index (χ1v) is 12.4. The summed E-state index contributed by atoms with van der Waals surface area (Å²) in [6.45, 7) is 16.2. The number of amides is 1. The van der Waals surface area contributed by atoms with E-state index in [9.17, 15) is 9.90 Å². The summed E-state index contributed by atoms with van der Waals surface area (Å²) < 4.78 is 7.86. The van der Waals surface area contributed by atoms with Crippen molar-refractivity contribution in [1.82, 2.24) is 19.7 Å². The molecule has 1 amide bonds. The lowest BCUT2D eigenvalue weighted by molar-refractivity contribution is -0.111. The van der Waals surface area contributed by atoms with Gasteiger partial charge in [0.1, 0.15) is 11.4 Å². The van der Waals surface area contributed by atoms with Crippen molar-refractivity contribution >= 4 is 22.6 Å².